The fourth-order valence-electron chi connectivity index (χ4n) is 3.63. The summed E-state index contributed by atoms with van der Waals surface area (Å²) in [6.45, 7) is 8.98. The molecule has 0 aromatic heterocycles. The summed E-state index contributed by atoms with van der Waals surface area (Å²) in [5, 5.41) is 3.38. The Kier molecular flexibility index (Phi) is 7.26. The first-order valence-electron chi connectivity index (χ1n) is 10.2. The molecule has 0 spiro atoms. The number of piperazine rings is 1. The molecule has 2 aromatic rings. The molecule has 0 bridgehead atoms. The number of amides is 1. The van der Waals surface area contributed by atoms with Crippen molar-refractivity contribution in [1.29, 1.82) is 0 Å². The molecule has 0 saturated carbocycles. The zero-order valence-electron chi connectivity index (χ0n) is 17.0. The van der Waals surface area contributed by atoms with E-state index < -0.39 is 0 Å². The van der Waals surface area contributed by atoms with Crippen LogP contribution >= 0.6 is 0 Å². The van der Waals surface area contributed by atoms with E-state index in [1.54, 1.807) is 0 Å². The van der Waals surface area contributed by atoms with Gasteiger partial charge in [0.2, 0.25) is 5.91 Å². The van der Waals surface area contributed by atoms with Crippen molar-refractivity contribution in [3.8, 4) is 0 Å². The third-order valence-corrected chi connectivity index (χ3v) is 5.35. The Hall–Kier alpha value is -2.59. The van der Waals surface area contributed by atoms with Gasteiger partial charge in [-0.25, -0.2) is 0 Å². The Morgan fingerprint density at radius 2 is 1.79 bits per heavy atom. The first-order valence-corrected chi connectivity index (χ1v) is 10.2. The molecule has 1 N–H and O–H groups in total. The molecule has 0 unspecified atom stereocenters. The standard InChI is InChI=1S/C24H31N3O/c1-3-22-13-7-9-20(2)24(22)25-19-23(28)27-17-15-26(16-18-27)14-8-12-21-10-5-4-6-11-21/h4-13,25H,3,14-19H2,1-2H3/b12-8+. The molecular weight excluding hydrogens is 346 g/mol. The summed E-state index contributed by atoms with van der Waals surface area (Å²) < 4.78 is 0. The average molecular weight is 378 g/mol. The van der Waals surface area contributed by atoms with E-state index in [1.165, 1.54) is 16.7 Å². The first kappa shape index (κ1) is 20.2. The largest absolute Gasteiger partial charge is 0.376 e. The lowest BCUT2D eigenvalue weighted by Crippen LogP contribution is -2.50. The van der Waals surface area contributed by atoms with Crippen molar-refractivity contribution in [3.63, 3.8) is 0 Å². The lowest BCUT2D eigenvalue weighted by Gasteiger charge is -2.34. The Morgan fingerprint density at radius 1 is 1.04 bits per heavy atom. The number of nitrogens with one attached hydrogen (secondary N) is 1. The van der Waals surface area contributed by atoms with Gasteiger partial charge in [0, 0.05) is 38.4 Å². The third kappa shape index (κ3) is 5.46. The second-order valence-electron chi connectivity index (χ2n) is 7.31. The van der Waals surface area contributed by atoms with Crippen LogP contribution in [0.15, 0.2) is 54.6 Å². The van der Waals surface area contributed by atoms with Gasteiger partial charge in [0.25, 0.3) is 0 Å². The van der Waals surface area contributed by atoms with Crippen LogP contribution in [0.5, 0.6) is 0 Å². The number of hydrogen-bond donors (Lipinski definition) is 1. The van der Waals surface area contributed by atoms with Crippen LogP contribution in [0.1, 0.15) is 23.6 Å². The molecule has 1 amide bonds. The monoisotopic (exact) mass is 377 g/mol. The van der Waals surface area contributed by atoms with E-state index in [1.807, 2.05) is 11.0 Å². The van der Waals surface area contributed by atoms with Gasteiger partial charge in [0.15, 0.2) is 0 Å². The normalized spacial score (nSPS) is 15.1. The van der Waals surface area contributed by atoms with Crippen molar-refractivity contribution in [2.75, 3.05) is 44.6 Å². The molecule has 3 rings (SSSR count). The van der Waals surface area contributed by atoms with Crippen molar-refractivity contribution in [3.05, 3.63) is 71.3 Å². The van der Waals surface area contributed by atoms with Crippen LogP contribution in [0.25, 0.3) is 6.08 Å². The molecule has 2 aromatic carbocycles. The van der Waals surface area contributed by atoms with E-state index in [0.717, 1.165) is 44.8 Å². The van der Waals surface area contributed by atoms with Crippen LogP contribution in [-0.4, -0.2) is 55.0 Å². The van der Waals surface area contributed by atoms with Crippen LogP contribution in [-0.2, 0) is 11.2 Å². The second-order valence-corrected chi connectivity index (χ2v) is 7.31. The van der Waals surface area contributed by atoms with E-state index in [-0.39, 0.29) is 5.91 Å². The number of carbonyl (C=O) groups excluding carboxylic acids is 1. The van der Waals surface area contributed by atoms with Gasteiger partial charge in [-0.2, -0.15) is 0 Å². The van der Waals surface area contributed by atoms with E-state index in [2.05, 4.69) is 78.7 Å². The topological polar surface area (TPSA) is 35.6 Å². The number of nitrogens with zero attached hydrogens (tertiary/aromatic N) is 2. The SMILES string of the molecule is CCc1cccc(C)c1NCC(=O)N1CCN(C/C=C/c2ccccc2)CC1. The Bertz CT molecular complexity index is 793. The highest BCUT2D eigenvalue weighted by atomic mass is 16.2. The maximum absolute atomic E-state index is 12.6. The fraction of sp³-hybridized carbons (Fsp3) is 0.375. The van der Waals surface area contributed by atoms with Gasteiger partial charge in [-0.3, -0.25) is 9.69 Å². The van der Waals surface area contributed by atoms with Crippen LogP contribution < -0.4 is 5.32 Å². The Labute approximate surface area is 168 Å². The number of benzene rings is 2. The molecule has 4 nitrogen and oxygen atoms in total. The van der Waals surface area contributed by atoms with Crippen LogP contribution in [0.2, 0.25) is 0 Å². The molecule has 1 aliphatic rings. The first-order chi connectivity index (χ1) is 13.7. The van der Waals surface area contributed by atoms with Gasteiger partial charge < -0.3 is 10.2 Å². The molecule has 148 valence electrons. The minimum atomic E-state index is 0.185. The summed E-state index contributed by atoms with van der Waals surface area (Å²) in [4.78, 5) is 17.0. The highest BCUT2D eigenvalue weighted by Gasteiger charge is 2.20. The van der Waals surface area contributed by atoms with Crippen molar-refractivity contribution in [2.24, 2.45) is 0 Å². The van der Waals surface area contributed by atoms with E-state index >= 15 is 0 Å². The van der Waals surface area contributed by atoms with Gasteiger partial charge in [0.1, 0.15) is 0 Å². The molecule has 4 heteroatoms. The summed E-state index contributed by atoms with van der Waals surface area (Å²) in [6, 6.07) is 16.7. The molecule has 1 heterocycles. The van der Waals surface area contributed by atoms with Gasteiger partial charge in [0.05, 0.1) is 6.54 Å². The number of carbonyl (C=O) groups is 1. The predicted octanol–water partition coefficient (Wildman–Crippen LogP) is 3.83. The quantitative estimate of drug-likeness (QED) is 0.797. The van der Waals surface area contributed by atoms with Crippen molar-refractivity contribution in [2.45, 2.75) is 20.3 Å². The lowest BCUT2D eigenvalue weighted by molar-refractivity contribution is -0.130. The van der Waals surface area contributed by atoms with E-state index in [4.69, 9.17) is 0 Å². The molecule has 0 atom stereocenters. The van der Waals surface area contributed by atoms with Crippen molar-refractivity contribution < 1.29 is 4.79 Å². The number of rotatable bonds is 7. The van der Waals surface area contributed by atoms with Crippen LogP contribution in [0.3, 0.4) is 0 Å². The molecule has 1 aliphatic heterocycles. The third-order valence-electron chi connectivity index (χ3n) is 5.35. The number of aryl methyl sites for hydroxylation is 2. The second kappa shape index (κ2) is 10.1. The lowest BCUT2D eigenvalue weighted by atomic mass is 10.1. The molecule has 1 saturated heterocycles. The molecule has 0 radical (unpaired) electrons. The van der Waals surface area contributed by atoms with Crippen LogP contribution in [0.4, 0.5) is 5.69 Å². The van der Waals surface area contributed by atoms with E-state index in [9.17, 15) is 4.79 Å². The summed E-state index contributed by atoms with van der Waals surface area (Å²) in [5.74, 6) is 0.185. The minimum Gasteiger partial charge on any atom is -0.376 e. The van der Waals surface area contributed by atoms with E-state index in [0.29, 0.717) is 6.54 Å². The number of hydrogen-bond acceptors (Lipinski definition) is 3. The van der Waals surface area contributed by atoms with Gasteiger partial charge in [-0.1, -0.05) is 67.6 Å². The maximum Gasteiger partial charge on any atom is 0.241 e. The zero-order valence-corrected chi connectivity index (χ0v) is 17.0. The highest BCUT2D eigenvalue weighted by molar-refractivity contribution is 5.81. The van der Waals surface area contributed by atoms with Gasteiger partial charge in [-0.05, 0) is 30.0 Å². The number of para-hydroxylation sites is 1. The highest BCUT2D eigenvalue weighted by Crippen LogP contribution is 2.20. The molecular formula is C24H31N3O. The number of anilines is 1. The van der Waals surface area contributed by atoms with Gasteiger partial charge in [-0.15, -0.1) is 0 Å². The van der Waals surface area contributed by atoms with Crippen molar-refractivity contribution in [1.82, 2.24) is 9.80 Å². The smallest absolute Gasteiger partial charge is 0.241 e. The maximum atomic E-state index is 12.6. The Morgan fingerprint density at radius 3 is 2.50 bits per heavy atom. The predicted molar refractivity (Wildman–Crippen MR) is 118 cm³/mol. The summed E-state index contributed by atoms with van der Waals surface area (Å²) in [6.07, 6.45) is 5.33. The summed E-state index contributed by atoms with van der Waals surface area (Å²) in [5.41, 5.74) is 4.80. The average Bonchev–Trinajstić information content (AvgIpc) is 2.73. The molecule has 28 heavy (non-hydrogen) atoms. The fourth-order valence-corrected chi connectivity index (χ4v) is 3.63. The summed E-state index contributed by atoms with van der Waals surface area (Å²) in [7, 11) is 0. The molecule has 0 aliphatic carbocycles. The van der Waals surface area contributed by atoms with Gasteiger partial charge >= 0.3 is 0 Å². The minimum absolute atomic E-state index is 0.185. The molecule has 1 fully saturated rings. The zero-order chi connectivity index (χ0) is 19.8. The summed E-state index contributed by atoms with van der Waals surface area (Å²) >= 11 is 0. The van der Waals surface area contributed by atoms with Crippen LogP contribution in [0, 0.1) is 6.92 Å². The Balaban J connectivity index is 1.43. The van der Waals surface area contributed by atoms with Crippen molar-refractivity contribution >= 4 is 17.7 Å².